The first-order valence-corrected chi connectivity index (χ1v) is 11.8. The summed E-state index contributed by atoms with van der Waals surface area (Å²) in [5.74, 6) is -1.53. The number of allylic oxidation sites excluding steroid dienone is 4. The van der Waals surface area contributed by atoms with E-state index in [-0.39, 0.29) is 23.5 Å². The van der Waals surface area contributed by atoms with Crippen LogP contribution < -0.4 is 10.1 Å². The molecule has 176 valence electrons. The zero-order chi connectivity index (χ0) is 23.0. The van der Waals surface area contributed by atoms with Gasteiger partial charge in [0.1, 0.15) is 5.75 Å². The lowest BCUT2D eigenvalue weighted by atomic mass is 9.74. The Morgan fingerprint density at radius 2 is 1.97 bits per heavy atom. The van der Waals surface area contributed by atoms with E-state index >= 15 is 0 Å². The number of amides is 1. The highest BCUT2D eigenvalue weighted by atomic mass is 19.3. The van der Waals surface area contributed by atoms with Gasteiger partial charge in [0.05, 0.1) is 11.8 Å². The van der Waals surface area contributed by atoms with Gasteiger partial charge in [-0.1, -0.05) is 17.7 Å². The van der Waals surface area contributed by atoms with E-state index in [2.05, 4.69) is 10.3 Å². The van der Waals surface area contributed by atoms with Gasteiger partial charge in [-0.05, 0) is 68.2 Å². The number of hydrogen-bond acceptors (Lipinski definition) is 3. The molecule has 2 aliphatic carbocycles. The molecule has 5 nitrogen and oxygen atoms in total. The van der Waals surface area contributed by atoms with Crippen molar-refractivity contribution in [3.8, 4) is 5.75 Å². The van der Waals surface area contributed by atoms with Gasteiger partial charge in [0.2, 0.25) is 5.91 Å². The van der Waals surface area contributed by atoms with E-state index in [9.17, 15) is 13.6 Å². The predicted octanol–water partition coefficient (Wildman–Crippen LogP) is 5.99. The third-order valence-electron chi connectivity index (χ3n) is 7.17. The molecule has 1 saturated carbocycles. The summed E-state index contributed by atoms with van der Waals surface area (Å²) in [6.07, 6.45) is 9.86. The number of anilines is 1. The summed E-state index contributed by atoms with van der Waals surface area (Å²) in [4.78, 5) is 15.8. The zero-order valence-electron chi connectivity index (χ0n) is 18.8. The number of H-pyrrole nitrogens is 1. The maximum absolute atomic E-state index is 13.5. The molecular weight excluding hydrogens is 426 g/mol. The highest BCUT2D eigenvalue weighted by molar-refractivity contribution is 6.02. The van der Waals surface area contributed by atoms with Crippen molar-refractivity contribution in [2.24, 2.45) is 11.8 Å². The number of aromatic amines is 1. The normalized spacial score (nSPS) is 24.1. The smallest absolute Gasteiger partial charge is 0.266 e. The number of carbonyl (C=O) groups excluding carboxylic acids is 1. The van der Waals surface area contributed by atoms with Crippen molar-refractivity contribution >= 4 is 22.5 Å². The van der Waals surface area contributed by atoms with Crippen LogP contribution in [0.3, 0.4) is 0 Å². The maximum Gasteiger partial charge on any atom is 0.266 e. The molecule has 1 amide bonds. The molecule has 7 heteroatoms. The van der Waals surface area contributed by atoms with Crippen molar-refractivity contribution in [3.05, 3.63) is 47.7 Å². The summed E-state index contributed by atoms with van der Waals surface area (Å²) in [5, 5.41) is 3.99. The average molecular weight is 457 g/mol. The second-order valence-corrected chi connectivity index (χ2v) is 9.52. The summed E-state index contributed by atoms with van der Waals surface area (Å²) >= 11 is 0. The van der Waals surface area contributed by atoms with Crippen molar-refractivity contribution in [2.45, 2.75) is 57.5 Å². The fraction of sp³-hybridized carbons (Fsp3) is 0.500. The molecule has 1 aromatic carbocycles. The number of alkyl halides is 2. The van der Waals surface area contributed by atoms with Crippen LogP contribution in [0.1, 0.15) is 45.4 Å². The summed E-state index contributed by atoms with van der Waals surface area (Å²) in [7, 11) is 0. The SMILES string of the molecule is CC(F)(F)C1=CC=C(C2CC(Oc3ccc4[nH]cc(NC(=O)C5CCOCC5)c4c3)C2)CC1. The van der Waals surface area contributed by atoms with Gasteiger partial charge in [-0.25, -0.2) is 8.78 Å². The molecular formula is C26H30F2N2O3. The van der Waals surface area contributed by atoms with Crippen LogP contribution in [0.2, 0.25) is 0 Å². The van der Waals surface area contributed by atoms with E-state index < -0.39 is 5.92 Å². The maximum atomic E-state index is 13.5. The van der Waals surface area contributed by atoms with Crippen LogP contribution in [0.15, 0.2) is 47.7 Å². The number of fused-ring (bicyclic) bond motifs is 1. The van der Waals surface area contributed by atoms with Crippen LogP contribution >= 0.6 is 0 Å². The van der Waals surface area contributed by atoms with E-state index in [1.165, 1.54) is 5.57 Å². The van der Waals surface area contributed by atoms with Gasteiger partial charge in [-0.15, -0.1) is 0 Å². The lowest BCUT2D eigenvalue weighted by Gasteiger charge is -2.38. The summed E-state index contributed by atoms with van der Waals surface area (Å²) < 4.78 is 38.5. The highest BCUT2D eigenvalue weighted by Gasteiger charge is 2.35. The third-order valence-corrected chi connectivity index (χ3v) is 7.17. The molecule has 1 aliphatic heterocycles. The van der Waals surface area contributed by atoms with E-state index in [1.54, 1.807) is 6.08 Å². The molecule has 2 heterocycles. The Morgan fingerprint density at radius 1 is 1.18 bits per heavy atom. The van der Waals surface area contributed by atoms with Crippen molar-refractivity contribution in [2.75, 3.05) is 18.5 Å². The van der Waals surface area contributed by atoms with E-state index in [1.807, 2.05) is 30.5 Å². The predicted molar refractivity (Wildman–Crippen MR) is 124 cm³/mol. The number of hydrogen-bond donors (Lipinski definition) is 2. The molecule has 5 rings (SSSR count). The van der Waals surface area contributed by atoms with Gasteiger partial charge < -0.3 is 19.8 Å². The van der Waals surface area contributed by atoms with Crippen LogP contribution in [0.25, 0.3) is 10.9 Å². The third kappa shape index (κ3) is 4.83. The lowest BCUT2D eigenvalue weighted by Crippen LogP contribution is -2.35. The Labute approximate surface area is 192 Å². The van der Waals surface area contributed by atoms with Crippen molar-refractivity contribution in [1.82, 2.24) is 4.98 Å². The Hall–Kier alpha value is -2.67. The number of rotatable bonds is 6. The summed E-state index contributed by atoms with van der Waals surface area (Å²) in [5.41, 5.74) is 3.18. The molecule has 2 fully saturated rings. The number of benzene rings is 1. The molecule has 33 heavy (non-hydrogen) atoms. The van der Waals surface area contributed by atoms with Crippen LogP contribution in [0.5, 0.6) is 5.75 Å². The molecule has 0 radical (unpaired) electrons. The Balaban J connectivity index is 1.19. The fourth-order valence-corrected chi connectivity index (χ4v) is 4.99. The zero-order valence-corrected chi connectivity index (χ0v) is 18.8. The van der Waals surface area contributed by atoms with Crippen molar-refractivity contribution < 1.29 is 23.0 Å². The van der Waals surface area contributed by atoms with Gasteiger partial charge in [-0.2, -0.15) is 0 Å². The number of halogens is 2. The van der Waals surface area contributed by atoms with Gasteiger partial charge in [-0.3, -0.25) is 4.79 Å². The number of aromatic nitrogens is 1. The number of nitrogens with one attached hydrogen (secondary N) is 2. The Morgan fingerprint density at radius 3 is 2.67 bits per heavy atom. The molecule has 0 atom stereocenters. The van der Waals surface area contributed by atoms with Crippen LogP contribution in [0.4, 0.5) is 14.5 Å². The second-order valence-electron chi connectivity index (χ2n) is 9.52. The first-order chi connectivity index (χ1) is 15.9. The van der Waals surface area contributed by atoms with Crippen molar-refractivity contribution in [1.29, 1.82) is 0 Å². The minimum Gasteiger partial charge on any atom is -0.490 e. The first kappa shape index (κ1) is 22.1. The Kier molecular flexibility index (Phi) is 5.99. The van der Waals surface area contributed by atoms with Gasteiger partial charge >= 0.3 is 0 Å². The molecule has 3 aliphatic rings. The second kappa shape index (κ2) is 8.93. The highest BCUT2D eigenvalue weighted by Crippen LogP contribution is 2.42. The minimum absolute atomic E-state index is 0.0152. The first-order valence-electron chi connectivity index (χ1n) is 11.8. The summed E-state index contributed by atoms with van der Waals surface area (Å²) in [6, 6.07) is 5.87. The molecule has 0 spiro atoms. The largest absolute Gasteiger partial charge is 0.490 e. The lowest BCUT2D eigenvalue weighted by molar-refractivity contribution is -0.122. The molecule has 2 aromatic rings. The number of ether oxygens (including phenoxy) is 2. The van der Waals surface area contributed by atoms with Crippen molar-refractivity contribution in [3.63, 3.8) is 0 Å². The van der Waals surface area contributed by atoms with Crippen LogP contribution in [0, 0.1) is 11.8 Å². The molecule has 1 saturated heterocycles. The van der Waals surface area contributed by atoms with Crippen LogP contribution in [-0.2, 0) is 9.53 Å². The minimum atomic E-state index is -2.73. The molecule has 0 bridgehead atoms. The molecule has 1 aromatic heterocycles. The quantitative estimate of drug-likeness (QED) is 0.561. The average Bonchev–Trinajstić information content (AvgIpc) is 3.18. The van der Waals surface area contributed by atoms with Gasteiger partial charge in [0, 0.05) is 43.2 Å². The molecule has 2 N–H and O–H groups in total. The molecule has 0 unspecified atom stereocenters. The number of carbonyl (C=O) groups is 1. The Bertz CT molecular complexity index is 1090. The standard InChI is InChI=1S/C26H30F2N2O3/c1-26(27,28)19-4-2-16(3-5-19)18-12-21(13-18)33-20-6-7-23-22(14-20)24(15-29-23)30-25(31)17-8-10-32-11-9-17/h2,4,6-7,14-15,17-18,21,29H,3,5,8-13H2,1H3,(H,30,31). The fourth-order valence-electron chi connectivity index (χ4n) is 4.99. The van der Waals surface area contributed by atoms with E-state index in [0.717, 1.165) is 54.9 Å². The van der Waals surface area contributed by atoms with Gasteiger partial charge in [0.15, 0.2) is 0 Å². The summed E-state index contributed by atoms with van der Waals surface area (Å²) in [6.45, 7) is 2.23. The monoisotopic (exact) mass is 456 g/mol. The van der Waals surface area contributed by atoms with E-state index in [4.69, 9.17) is 9.47 Å². The van der Waals surface area contributed by atoms with E-state index in [0.29, 0.717) is 32.0 Å². The van der Waals surface area contributed by atoms with Crippen LogP contribution in [-0.4, -0.2) is 36.1 Å². The van der Waals surface area contributed by atoms with Gasteiger partial charge in [0.25, 0.3) is 5.92 Å². The topological polar surface area (TPSA) is 63.3 Å².